The zero-order valence-electron chi connectivity index (χ0n) is 5.11. The summed E-state index contributed by atoms with van der Waals surface area (Å²) in [7, 11) is 0. The molecule has 1 aromatic carbocycles. The number of hydrogen-bond acceptors (Lipinski definition) is 4. The molecule has 0 amide bonds. The Morgan fingerprint density at radius 3 is 3.10 bits per heavy atom. The molecular weight excluding hydrogens is 146 g/mol. The van der Waals surface area contributed by atoms with Gasteiger partial charge in [-0.1, -0.05) is 10.6 Å². The van der Waals surface area contributed by atoms with Crippen LogP contribution in [0.1, 0.15) is 0 Å². The Kier molecular flexibility index (Phi) is 1.07. The van der Waals surface area contributed by atoms with Crippen LogP contribution < -0.4 is 5.73 Å². The van der Waals surface area contributed by atoms with Crippen molar-refractivity contribution >= 4 is 27.4 Å². The third kappa shape index (κ3) is 0.657. The first-order valence-corrected chi connectivity index (χ1v) is 3.62. The average Bonchev–Trinajstić information content (AvgIpc) is 2.36. The highest BCUT2D eigenvalue weighted by molar-refractivity contribution is 7.13. The first-order chi connectivity index (χ1) is 4.88. The van der Waals surface area contributed by atoms with Gasteiger partial charge in [-0.05, 0) is 23.7 Å². The molecule has 10 heavy (non-hydrogen) atoms. The lowest BCUT2D eigenvalue weighted by molar-refractivity contribution is 1.20. The molecule has 1 heterocycles. The number of aromatic nitrogens is 2. The molecule has 0 bridgehead atoms. The van der Waals surface area contributed by atoms with Gasteiger partial charge in [0.25, 0.3) is 0 Å². The van der Waals surface area contributed by atoms with Gasteiger partial charge >= 0.3 is 0 Å². The zero-order valence-corrected chi connectivity index (χ0v) is 5.93. The van der Waals surface area contributed by atoms with Gasteiger partial charge in [0, 0.05) is 0 Å². The van der Waals surface area contributed by atoms with Crippen LogP contribution in [-0.4, -0.2) is 9.59 Å². The monoisotopic (exact) mass is 151 g/mol. The van der Waals surface area contributed by atoms with Crippen molar-refractivity contribution in [3.8, 4) is 0 Å². The molecule has 0 saturated heterocycles. The van der Waals surface area contributed by atoms with Gasteiger partial charge in [-0.2, -0.15) is 0 Å². The largest absolute Gasteiger partial charge is 0.397 e. The van der Waals surface area contributed by atoms with Gasteiger partial charge in [-0.3, -0.25) is 0 Å². The van der Waals surface area contributed by atoms with Crippen LogP contribution in [0.3, 0.4) is 0 Å². The van der Waals surface area contributed by atoms with Crippen LogP contribution in [0.15, 0.2) is 18.2 Å². The highest BCUT2D eigenvalue weighted by Gasteiger charge is 1.98. The van der Waals surface area contributed by atoms with Crippen molar-refractivity contribution in [1.82, 2.24) is 9.59 Å². The van der Waals surface area contributed by atoms with Crippen LogP contribution in [0.25, 0.3) is 10.2 Å². The highest BCUT2D eigenvalue weighted by Crippen LogP contribution is 2.21. The van der Waals surface area contributed by atoms with Crippen molar-refractivity contribution in [2.75, 3.05) is 5.73 Å². The Morgan fingerprint density at radius 1 is 1.40 bits per heavy atom. The van der Waals surface area contributed by atoms with E-state index in [9.17, 15) is 0 Å². The van der Waals surface area contributed by atoms with E-state index >= 15 is 0 Å². The standard InChI is InChI=1S/C6H5N3S/c7-4-2-1-3-5-6(4)10-9-8-5/h1-3H,7H2. The molecule has 3 nitrogen and oxygen atoms in total. The van der Waals surface area contributed by atoms with Crippen molar-refractivity contribution in [2.24, 2.45) is 0 Å². The van der Waals surface area contributed by atoms with E-state index in [1.165, 1.54) is 11.5 Å². The fourth-order valence-corrected chi connectivity index (χ4v) is 1.41. The number of benzene rings is 1. The smallest absolute Gasteiger partial charge is 0.108 e. The third-order valence-corrected chi connectivity index (χ3v) is 2.10. The van der Waals surface area contributed by atoms with Gasteiger partial charge in [0.15, 0.2) is 0 Å². The SMILES string of the molecule is Nc1cccc2nnsc12. The molecule has 0 atom stereocenters. The molecule has 2 aromatic rings. The number of fused-ring (bicyclic) bond motifs is 1. The summed E-state index contributed by atoms with van der Waals surface area (Å²) in [5, 5.41) is 3.87. The lowest BCUT2D eigenvalue weighted by Crippen LogP contribution is -1.82. The second kappa shape index (κ2) is 1.91. The van der Waals surface area contributed by atoms with Crippen LogP contribution in [0.2, 0.25) is 0 Å². The van der Waals surface area contributed by atoms with Gasteiger partial charge in [0.2, 0.25) is 0 Å². The summed E-state index contributed by atoms with van der Waals surface area (Å²) in [6, 6.07) is 5.62. The molecule has 2 N–H and O–H groups in total. The van der Waals surface area contributed by atoms with Gasteiger partial charge in [0.05, 0.1) is 10.4 Å². The quantitative estimate of drug-likeness (QED) is 0.577. The maximum Gasteiger partial charge on any atom is 0.108 e. The Hall–Kier alpha value is -1.16. The Morgan fingerprint density at radius 2 is 2.30 bits per heavy atom. The van der Waals surface area contributed by atoms with E-state index in [0.717, 1.165) is 15.9 Å². The van der Waals surface area contributed by atoms with Crippen LogP contribution in [-0.2, 0) is 0 Å². The maximum absolute atomic E-state index is 5.63. The molecule has 0 fully saturated rings. The number of nitrogens with two attached hydrogens (primary N) is 1. The van der Waals surface area contributed by atoms with Crippen molar-refractivity contribution in [3.63, 3.8) is 0 Å². The molecule has 0 saturated carbocycles. The minimum Gasteiger partial charge on any atom is -0.397 e. The minimum absolute atomic E-state index is 0.757. The number of hydrogen-bond donors (Lipinski definition) is 1. The second-order valence-electron chi connectivity index (χ2n) is 1.97. The van der Waals surface area contributed by atoms with Crippen LogP contribution in [0.4, 0.5) is 5.69 Å². The Labute approximate surface area is 61.6 Å². The van der Waals surface area contributed by atoms with E-state index < -0.39 is 0 Å². The summed E-state index contributed by atoms with van der Waals surface area (Å²) in [4.78, 5) is 0. The first-order valence-electron chi connectivity index (χ1n) is 2.84. The van der Waals surface area contributed by atoms with E-state index in [4.69, 9.17) is 5.73 Å². The van der Waals surface area contributed by atoms with Gasteiger partial charge < -0.3 is 5.73 Å². The van der Waals surface area contributed by atoms with E-state index in [0.29, 0.717) is 0 Å². The lowest BCUT2D eigenvalue weighted by Gasteiger charge is -1.89. The summed E-state index contributed by atoms with van der Waals surface area (Å²) in [5.74, 6) is 0. The molecule has 1 aromatic heterocycles. The first kappa shape index (κ1) is 5.61. The lowest BCUT2D eigenvalue weighted by atomic mass is 10.3. The van der Waals surface area contributed by atoms with Crippen molar-refractivity contribution in [1.29, 1.82) is 0 Å². The number of nitrogens with zero attached hydrogens (tertiary/aromatic N) is 2. The zero-order chi connectivity index (χ0) is 6.97. The van der Waals surface area contributed by atoms with Gasteiger partial charge in [-0.25, -0.2) is 0 Å². The topological polar surface area (TPSA) is 51.8 Å². The number of nitrogen functional groups attached to an aromatic ring is 1. The van der Waals surface area contributed by atoms with Crippen LogP contribution in [0.5, 0.6) is 0 Å². The number of rotatable bonds is 0. The normalized spacial score (nSPS) is 10.4. The fraction of sp³-hybridized carbons (Fsp3) is 0. The fourth-order valence-electron chi connectivity index (χ4n) is 0.826. The molecule has 2 rings (SSSR count). The summed E-state index contributed by atoms with van der Waals surface area (Å²) < 4.78 is 4.75. The predicted molar refractivity (Wildman–Crippen MR) is 41.8 cm³/mol. The molecule has 0 spiro atoms. The Bertz CT molecular complexity index is 355. The molecule has 0 aliphatic rings. The molecule has 50 valence electrons. The van der Waals surface area contributed by atoms with Crippen molar-refractivity contribution in [2.45, 2.75) is 0 Å². The molecule has 0 aliphatic heterocycles. The van der Waals surface area contributed by atoms with Crippen molar-refractivity contribution in [3.05, 3.63) is 18.2 Å². The molecular formula is C6H5N3S. The van der Waals surface area contributed by atoms with E-state index in [2.05, 4.69) is 9.59 Å². The summed E-state index contributed by atoms with van der Waals surface area (Å²) >= 11 is 1.33. The molecule has 0 radical (unpaired) electrons. The van der Waals surface area contributed by atoms with Crippen molar-refractivity contribution < 1.29 is 0 Å². The molecule has 0 unspecified atom stereocenters. The van der Waals surface area contributed by atoms with E-state index in [1.54, 1.807) is 0 Å². The van der Waals surface area contributed by atoms with E-state index in [-0.39, 0.29) is 0 Å². The molecule has 4 heteroatoms. The van der Waals surface area contributed by atoms with E-state index in [1.807, 2.05) is 18.2 Å². The van der Waals surface area contributed by atoms with Crippen LogP contribution >= 0.6 is 11.5 Å². The number of anilines is 1. The van der Waals surface area contributed by atoms with Crippen LogP contribution in [0, 0.1) is 0 Å². The summed E-state index contributed by atoms with van der Waals surface area (Å²) in [5.41, 5.74) is 7.27. The minimum atomic E-state index is 0.757. The Balaban J connectivity index is 2.95. The van der Waals surface area contributed by atoms with Gasteiger partial charge in [0.1, 0.15) is 5.52 Å². The molecule has 0 aliphatic carbocycles. The highest BCUT2D eigenvalue weighted by atomic mass is 32.1. The summed E-state index contributed by atoms with van der Waals surface area (Å²) in [6.45, 7) is 0. The summed E-state index contributed by atoms with van der Waals surface area (Å²) in [6.07, 6.45) is 0. The third-order valence-electron chi connectivity index (χ3n) is 1.31. The second-order valence-corrected chi connectivity index (χ2v) is 2.72. The predicted octanol–water partition coefficient (Wildman–Crippen LogP) is 1.27. The average molecular weight is 151 g/mol. The maximum atomic E-state index is 5.63. The van der Waals surface area contributed by atoms with Gasteiger partial charge in [-0.15, -0.1) is 5.10 Å².